The second-order valence-corrected chi connectivity index (χ2v) is 10.6. The van der Waals surface area contributed by atoms with Gasteiger partial charge in [0.05, 0.1) is 20.8 Å². The molecule has 0 aliphatic carbocycles. The van der Waals surface area contributed by atoms with Gasteiger partial charge in [0.25, 0.3) is 5.91 Å². The lowest BCUT2D eigenvalue weighted by atomic mass is 10.0. The molecule has 0 atom stereocenters. The van der Waals surface area contributed by atoms with Crippen LogP contribution in [0.15, 0.2) is 77.7 Å². The van der Waals surface area contributed by atoms with Gasteiger partial charge in [-0.05, 0) is 60.0 Å². The summed E-state index contributed by atoms with van der Waals surface area (Å²) in [6.07, 6.45) is 0. The van der Waals surface area contributed by atoms with E-state index in [4.69, 9.17) is 0 Å². The topological polar surface area (TPSA) is 67.3 Å². The van der Waals surface area contributed by atoms with Crippen LogP contribution in [0.5, 0.6) is 0 Å². The predicted molar refractivity (Wildman–Crippen MR) is 126 cm³/mol. The molecule has 0 aliphatic heterocycles. The number of carbonyl (C=O) groups is 1. The number of benzene rings is 3. The number of para-hydroxylation sites is 1. The number of carbonyl (C=O) groups excluding carboxylic acids is 1. The zero-order chi connectivity index (χ0) is 23.8. The fourth-order valence-electron chi connectivity index (χ4n) is 3.30. The number of thiazole rings is 1. The van der Waals surface area contributed by atoms with Gasteiger partial charge in [0.15, 0.2) is 5.13 Å². The average Bonchev–Trinajstić information content (AvgIpc) is 3.23. The van der Waals surface area contributed by atoms with Crippen molar-refractivity contribution in [3.8, 4) is 0 Å². The summed E-state index contributed by atoms with van der Waals surface area (Å²) >= 11 is 1.34. The van der Waals surface area contributed by atoms with Crippen molar-refractivity contribution in [3.63, 3.8) is 0 Å². The van der Waals surface area contributed by atoms with Crippen molar-refractivity contribution >= 4 is 48.1 Å². The normalized spacial score (nSPS) is 11.9. The fraction of sp³-hybridized carbons (Fsp3) is 0.167. The second-order valence-electron chi connectivity index (χ2n) is 7.68. The third-order valence-electron chi connectivity index (χ3n) is 5.16. The van der Waals surface area contributed by atoms with Crippen molar-refractivity contribution in [1.29, 1.82) is 0 Å². The Morgan fingerprint density at radius 1 is 0.939 bits per heavy atom. The van der Waals surface area contributed by atoms with E-state index in [0.29, 0.717) is 16.7 Å². The van der Waals surface area contributed by atoms with E-state index < -0.39 is 26.4 Å². The van der Waals surface area contributed by atoms with Crippen LogP contribution in [0.1, 0.15) is 35.7 Å². The number of hydrogen-bond acceptors (Lipinski definition) is 5. The minimum Gasteiger partial charge on any atom is -0.268 e. The van der Waals surface area contributed by atoms with E-state index in [9.17, 15) is 22.0 Å². The van der Waals surface area contributed by atoms with Crippen LogP contribution >= 0.6 is 11.3 Å². The number of anilines is 2. The minimum absolute atomic E-state index is 0.149. The van der Waals surface area contributed by atoms with E-state index in [0.717, 1.165) is 27.9 Å². The Balaban J connectivity index is 1.78. The van der Waals surface area contributed by atoms with E-state index in [-0.39, 0.29) is 5.56 Å². The first kappa shape index (κ1) is 23.0. The summed E-state index contributed by atoms with van der Waals surface area (Å²) in [7, 11) is -4.74. The van der Waals surface area contributed by atoms with Gasteiger partial charge in [0.1, 0.15) is 0 Å². The number of alkyl halides is 2. The van der Waals surface area contributed by atoms with Crippen molar-refractivity contribution in [1.82, 2.24) is 4.98 Å². The Bertz CT molecular complexity index is 1360. The molecule has 170 valence electrons. The van der Waals surface area contributed by atoms with Gasteiger partial charge in [0.2, 0.25) is 9.84 Å². The van der Waals surface area contributed by atoms with Crippen molar-refractivity contribution in [2.45, 2.75) is 30.4 Å². The van der Waals surface area contributed by atoms with Crippen LogP contribution in [-0.4, -0.2) is 25.1 Å². The van der Waals surface area contributed by atoms with Gasteiger partial charge in [-0.25, -0.2) is 13.4 Å². The molecule has 0 bridgehead atoms. The SMILES string of the molecule is CC(C)c1ccc(N(C(=O)c2ccc(S(=O)(=O)C(F)F)cc2)c2nc3ccccc3s2)cc1. The second kappa shape index (κ2) is 8.99. The summed E-state index contributed by atoms with van der Waals surface area (Å²) in [6.45, 7) is 4.14. The standard InChI is InChI=1S/C24H20F2N2O3S2/c1-15(2)16-7-11-18(12-8-16)28(24-27-20-5-3-4-6-21(20)32-24)22(29)17-9-13-19(14-10-17)33(30,31)23(25)26/h3-15,23H,1-2H3. The molecule has 3 aromatic carbocycles. The van der Waals surface area contributed by atoms with E-state index in [1.54, 1.807) is 0 Å². The molecule has 0 spiro atoms. The van der Waals surface area contributed by atoms with Gasteiger partial charge in [0, 0.05) is 5.56 Å². The summed E-state index contributed by atoms with van der Waals surface area (Å²) in [5, 5.41) is 0.447. The molecule has 9 heteroatoms. The van der Waals surface area contributed by atoms with Gasteiger partial charge in [-0.15, -0.1) is 0 Å². The maximum absolute atomic E-state index is 13.5. The molecule has 0 aliphatic rings. The Labute approximate surface area is 194 Å². The van der Waals surface area contributed by atoms with Crippen molar-refractivity contribution in [2.24, 2.45) is 0 Å². The van der Waals surface area contributed by atoms with Gasteiger partial charge >= 0.3 is 5.76 Å². The molecular weight excluding hydrogens is 466 g/mol. The largest absolute Gasteiger partial charge is 0.341 e. The first-order valence-corrected chi connectivity index (χ1v) is 12.5. The highest BCUT2D eigenvalue weighted by atomic mass is 32.2. The first-order valence-electron chi connectivity index (χ1n) is 10.1. The summed E-state index contributed by atoms with van der Waals surface area (Å²) in [6, 6.07) is 19.5. The number of halogens is 2. The molecule has 33 heavy (non-hydrogen) atoms. The molecule has 0 saturated heterocycles. The third-order valence-corrected chi connectivity index (χ3v) is 7.58. The smallest absolute Gasteiger partial charge is 0.268 e. The number of sulfone groups is 1. The van der Waals surface area contributed by atoms with Gasteiger partial charge < -0.3 is 0 Å². The highest BCUT2D eigenvalue weighted by molar-refractivity contribution is 7.91. The van der Waals surface area contributed by atoms with E-state index in [1.165, 1.54) is 28.4 Å². The molecule has 0 N–H and O–H groups in total. The number of amides is 1. The lowest BCUT2D eigenvalue weighted by Gasteiger charge is -2.21. The lowest BCUT2D eigenvalue weighted by molar-refractivity contribution is 0.0999. The van der Waals surface area contributed by atoms with E-state index in [1.807, 2.05) is 48.5 Å². The van der Waals surface area contributed by atoms with Crippen LogP contribution in [0.2, 0.25) is 0 Å². The molecule has 5 nitrogen and oxygen atoms in total. The lowest BCUT2D eigenvalue weighted by Crippen LogP contribution is -2.26. The number of nitrogens with zero attached hydrogens (tertiary/aromatic N) is 2. The summed E-state index contributed by atoms with van der Waals surface area (Å²) in [5.74, 6) is -3.67. The highest BCUT2D eigenvalue weighted by Gasteiger charge is 2.28. The van der Waals surface area contributed by atoms with Crippen molar-refractivity contribution < 1.29 is 22.0 Å². The monoisotopic (exact) mass is 486 g/mol. The fourth-order valence-corrected chi connectivity index (χ4v) is 5.00. The Kier molecular flexibility index (Phi) is 6.27. The molecule has 4 rings (SSSR count). The van der Waals surface area contributed by atoms with Crippen LogP contribution in [0, 0.1) is 0 Å². The van der Waals surface area contributed by atoms with Crippen LogP contribution in [0.4, 0.5) is 19.6 Å². The van der Waals surface area contributed by atoms with Gasteiger partial charge in [-0.3, -0.25) is 9.69 Å². The molecule has 0 unspecified atom stereocenters. The van der Waals surface area contributed by atoms with Crippen molar-refractivity contribution in [2.75, 3.05) is 4.90 Å². The molecule has 4 aromatic rings. The molecular formula is C24H20F2N2O3S2. The molecule has 0 fully saturated rings. The Morgan fingerprint density at radius 3 is 2.15 bits per heavy atom. The molecule has 1 aromatic heterocycles. The van der Waals surface area contributed by atoms with Gasteiger partial charge in [-0.2, -0.15) is 8.78 Å². The van der Waals surface area contributed by atoms with E-state index >= 15 is 0 Å². The molecule has 0 saturated carbocycles. The quantitative estimate of drug-likeness (QED) is 0.317. The summed E-state index contributed by atoms with van der Waals surface area (Å²) in [4.78, 5) is 19.0. The predicted octanol–water partition coefficient (Wildman–Crippen LogP) is 6.39. The number of hydrogen-bond donors (Lipinski definition) is 0. The molecule has 1 amide bonds. The van der Waals surface area contributed by atoms with E-state index in [2.05, 4.69) is 18.8 Å². The van der Waals surface area contributed by atoms with Gasteiger partial charge in [-0.1, -0.05) is 49.4 Å². The van der Waals surface area contributed by atoms with Crippen LogP contribution in [0.25, 0.3) is 10.2 Å². The number of rotatable bonds is 6. The maximum Gasteiger partial charge on any atom is 0.341 e. The highest BCUT2D eigenvalue weighted by Crippen LogP contribution is 2.35. The number of fused-ring (bicyclic) bond motifs is 1. The van der Waals surface area contributed by atoms with Crippen LogP contribution in [-0.2, 0) is 9.84 Å². The maximum atomic E-state index is 13.5. The molecule has 0 radical (unpaired) electrons. The summed E-state index contributed by atoms with van der Waals surface area (Å²) < 4.78 is 50.0. The Morgan fingerprint density at radius 2 is 1.58 bits per heavy atom. The zero-order valence-electron chi connectivity index (χ0n) is 17.8. The van der Waals surface area contributed by atoms with Crippen LogP contribution in [0.3, 0.4) is 0 Å². The van der Waals surface area contributed by atoms with Crippen LogP contribution < -0.4 is 4.90 Å². The minimum atomic E-state index is -4.74. The average molecular weight is 487 g/mol. The van der Waals surface area contributed by atoms with Crippen molar-refractivity contribution in [3.05, 3.63) is 83.9 Å². The Hall–Kier alpha value is -3.17. The zero-order valence-corrected chi connectivity index (χ0v) is 19.4. The molecule has 1 heterocycles. The number of aromatic nitrogens is 1. The summed E-state index contributed by atoms with van der Waals surface area (Å²) in [5.41, 5.74) is 2.59. The first-order chi connectivity index (χ1) is 15.7. The third kappa shape index (κ3) is 4.51.